The quantitative estimate of drug-likeness (QED) is 0.728. The second kappa shape index (κ2) is 6.67. The van der Waals surface area contributed by atoms with Crippen LogP contribution in [0.25, 0.3) is 10.4 Å². The summed E-state index contributed by atoms with van der Waals surface area (Å²) in [4.78, 5) is 1.23. The Morgan fingerprint density at radius 3 is 2.50 bits per heavy atom. The fourth-order valence-corrected chi connectivity index (χ4v) is 4.68. The van der Waals surface area contributed by atoms with Gasteiger partial charge >= 0.3 is 0 Å². The van der Waals surface area contributed by atoms with Gasteiger partial charge in [-0.1, -0.05) is 30.3 Å². The predicted molar refractivity (Wildman–Crippen MR) is 98.3 cm³/mol. The van der Waals surface area contributed by atoms with E-state index in [4.69, 9.17) is 4.74 Å². The molecule has 2 aromatic carbocycles. The van der Waals surface area contributed by atoms with E-state index < -0.39 is 10.0 Å². The Bertz CT molecular complexity index is 962. The van der Waals surface area contributed by atoms with Gasteiger partial charge in [0.2, 0.25) is 0 Å². The summed E-state index contributed by atoms with van der Waals surface area (Å²) in [6.07, 6.45) is 0. The third-order valence-corrected chi connectivity index (χ3v) is 6.11. The number of ether oxygens (including phenoxy) is 1. The molecule has 0 aliphatic carbocycles. The van der Waals surface area contributed by atoms with Crippen molar-refractivity contribution in [3.8, 4) is 16.2 Å². The minimum atomic E-state index is -3.60. The number of methoxy groups -OCH3 is 1. The molecule has 0 atom stereocenters. The molecule has 1 aromatic heterocycles. The maximum absolute atomic E-state index is 12.6. The number of nitrogens with one attached hydrogen (secondary N) is 1. The van der Waals surface area contributed by atoms with Crippen molar-refractivity contribution >= 4 is 27.0 Å². The highest BCUT2D eigenvalue weighted by Crippen LogP contribution is 2.36. The molecule has 0 saturated heterocycles. The zero-order valence-corrected chi connectivity index (χ0v) is 14.9. The zero-order chi connectivity index (χ0) is 17.2. The number of sulfonamides is 1. The van der Waals surface area contributed by atoms with Crippen molar-refractivity contribution in [1.29, 1.82) is 0 Å². The predicted octanol–water partition coefficient (Wildman–Crippen LogP) is 4.53. The largest absolute Gasteiger partial charge is 0.496 e. The van der Waals surface area contributed by atoms with Gasteiger partial charge in [-0.15, -0.1) is 11.3 Å². The molecule has 0 aliphatic heterocycles. The molecule has 0 fully saturated rings. The molecule has 1 heterocycles. The number of hydrogen-bond acceptors (Lipinski definition) is 4. The van der Waals surface area contributed by atoms with Gasteiger partial charge in [-0.25, -0.2) is 8.42 Å². The monoisotopic (exact) mass is 359 g/mol. The van der Waals surface area contributed by atoms with Crippen LogP contribution in [0.15, 0.2) is 64.9 Å². The van der Waals surface area contributed by atoms with Crippen LogP contribution in [-0.4, -0.2) is 15.5 Å². The van der Waals surface area contributed by atoms with E-state index in [-0.39, 0.29) is 4.90 Å². The van der Waals surface area contributed by atoms with Crippen molar-refractivity contribution in [2.75, 3.05) is 11.8 Å². The lowest BCUT2D eigenvalue weighted by atomic mass is 10.1. The summed E-state index contributed by atoms with van der Waals surface area (Å²) in [5.41, 5.74) is 2.20. The Morgan fingerprint density at radius 1 is 1.04 bits per heavy atom. The lowest BCUT2D eigenvalue weighted by molar-refractivity contribution is 0.416. The Balaban J connectivity index is 1.91. The van der Waals surface area contributed by atoms with E-state index in [2.05, 4.69) is 4.72 Å². The van der Waals surface area contributed by atoms with Crippen molar-refractivity contribution in [3.05, 3.63) is 65.5 Å². The minimum absolute atomic E-state index is 0.287. The second-order valence-electron chi connectivity index (χ2n) is 5.27. The van der Waals surface area contributed by atoms with Gasteiger partial charge in [0.15, 0.2) is 0 Å². The maximum Gasteiger partial charge on any atom is 0.262 e. The van der Waals surface area contributed by atoms with Gasteiger partial charge < -0.3 is 4.74 Å². The summed E-state index contributed by atoms with van der Waals surface area (Å²) < 4.78 is 33.1. The molecule has 0 bridgehead atoms. The standard InChI is InChI=1S/C18H17NO3S2/c1-13-7-3-6-10-18(13)24(20,21)19-14-11-17(23-12-14)15-8-4-5-9-16(15)22-2/h3-12,19H,1-2H3. The third-order valence-electron chi connectivity index (χ3n) is 3.61. The first-order valence-electron chi connectivity index (χ1n) is 7.31. The van der Waals surface area contributed by atoms with Gasteiger partial charge in [-0.2, -0.15) is 0 Å². The van der Waals surface area contributed by atoms with E-state index in [1.165, 1.54) is 11.3 Å². The van der Waals surface area contributed by atoms with Gasteiger partial charge in [0.1, 0.15) is 5.75 Å². The topological polar surface area (TPSA) is 55.4 Å². The van der Waals surface area contributed by atoms with Crippen LogP contribution in [0, 0.1) is 6.92 Å². The Kier molecular flexibility index (Phi) is 4.59. The number of benzene rings is 2. The van der Waals surface area contributed by atoms with E-state index in [1.807, 2.05) is 36.4 Å². The average Bonchev–Trinajstić information content (AvgIpc) is 3.02. The molecular formula is C18H17NO3S2. The van der Waals surface area contributed by atoms with Crippen LogP contribution in [0.5, 0.6) is 5.75 Å². The average molecular weight is 359 g/mol. The van der Waals surface area contributed by atoms with Crippen molar-refractivity contribution < 1.29 is 13.2 Å². The maximum atomic E-state index is 12.6. The molecule has 124 valence electrons. The van der Waals surface area contributed by atoms with E-state index in [0.717, 1.165) is 16.2 Å². The summed E-state index contributed by atoms with van der Waals surface area (Å²) in [6.45, 7) is 1.78. The van der Waals surface area contributed by atoms with E-state index in [0.29, 0.717) is 11.3 Å². The highest BCUT2D eigenvalue weighted by molar-refractivity contribution is 7.92. The molecule has 0 radical (unpaired) electrons. The summed E-state index contributed by atoms with van der Waals surface area (Å²) in [7, 11) is -1.98. The van der Waals surface area contributed by atoms with Crippen LogP contribution >= 0.6 is 11.3 Å². The van der Waals surface area contributed by atoms with E-state index >= 15 is 0 Å². The van der Waals surface area contributed by atoms with Crippen molar-refractivity contribution in [2.45, 2.75) is 11.8 Å². The van der Waals surface area contributed by atoms with E-state index in [1.54, 1.807) is 37.6 Å². The first-order chi connectivity index (χ1) is 11.5. The number of thiophene rings is 1. The minimum Gasteiger partial charge on any atom is -0.496 e. The molecule has 0 saturated carbocycles. The zero-order valence-electron chi connectivity index (χ0n) is 13.3. The molecule has 4 nitrogen and oxygen atoms in total. The fraction of sp³-hybridized carbons (Fsp3) is 0.111. The third kappa shape index (κ3) is 3.29. The van der Waals surface area contributed by atoms with Crippen LogP contribution in [-0.2, 0) is 10.0 Å². The summed E-state index contributed by atoms with van der Waals surface area (Å²) in [5.74, 6) is 0.757. The van der Waals surface area contributed by atoms with Gasteiger partial charge in [0.25, 0.3) is 10.0 Å². The second-order valence-corrected chi connectivity index (χ2v) is 7.83. The SMILES string of the molecule is COc1ccccc1-c1cc(NS(=O)(=O)c2ccccc2C)cs1. The van der Waals surface area contributed by atoms with Crippen LogP contribution in [0.3, 0.4) is 0 Å². The Labute approximate surface area is 145 Å². The first-order valence-corrected chi connectivity index (χ1v) is 9.68. The van der Waals surface area contributed by atoms with Crippen molar-refractivity contribution in [1.82, 2.24) is 0 Å². The number of aryl methyl sites for hydroxylation is 1. The Hall–Kier alpha value is -2.31. The van der Waals surface area contributed by atoms with Crippen molar-refractivity contribution in [3.63, 3.8) is 0 Å². The van der Waals surface area contributed by atoms with Gasteiger partial charge in [-0.3, -0.25) is 4.72 Å². The molecule has 0 amide bonds. The van der Waals surface area contributed by atoms with Gasteiger partial charge in [0.05, 0.1) is 17.7 Å². The van der Waals surface area contributed by atoms with Crippen LogP contribution in [0.1, 0.15) is 5.56 Å². The van der Waals surface area contributed by atoms with E-state index in [9.17, 15) is 8.42 Å². The summed E-state index contributed by atoms with van der Waals surface area (Å²) >= 11 is 1.47. The molecule has 3 aromatic rings. The number of para-hydroxylation sites is 1. The number of anilines is 1. The molecule has 0 aliphatic rings. The first kappa shape index (κ1) is 16.5. The molecule has 24 heavy (non-hydrogen) atoms. The highest BCUT2D eigenvalue weighted by Gasteiger charge is 2.17. The van der Waals surface area contributed by atoms with Gasteiger partial charge in [-0.05, 0) is 36.8 Å². The molecule has 6 heteroatoms. The molecule has 0 unspecified atom stereocenters. The lowest BCUT2D eigenvalue weighted by Gasteiger charge is -2.08. The van der Waals surface area contributed by atoms with Crippen LogP contribution in [0.2, 0.25) is 0 Å². The van der Waals surface area contributed by atoms with Crippen molar-refractivity contribution in [2.24, 2.45) is 0 Å². The summed E-state index contributed by atoms with van der Waals surface area (Å²) in [5, 5.41) is 1.79. The molecule has 0 spiro atoms. The number of rotatable bonds is 5. The lowest BCUT2D eigenvalue weighted by Crippen LogP contribution is -2.13. The van der Waals surface area contributed by atoms with Crippen LogP contribution < -0.4 is 9.46 Å². The molecule has 3 rings (SSSR count). The smallest absolute Gasteiger partial charge is 0.262 e. The normalized spacial score (nSPS) is 11.2. The number of hydrogen-bond donors (Lipinski definition) is 1. The highest BCUT2D eigenvalue weighted by atomic mass is 32.2. The van der Waals surface area contributed by atoms with Gasteiger partial charge in [0, 0.05) is 15.8 Å². The van der Waals surface area contributed by atoms with Crippen LogP contribution in [0.4, 0.5) is 5.69 Å². The molecule has 1 N–H and O–H groups in total. The Morgan fingerprint density at radius 2 is 1.75 bits per heavy atom. The summed E-state index contributed by atoms with van der Waals surface area (Å²) in [6, 6.07) is 16.4. The molecular weight excluding hydrogens is 342 g/mol. The fourth-order valence-electron chi connectivity index (χ4n) is 2.45.